The number of benzene rings is 1. The van der Waals surface area contributed by atoms with Crippen molar-refractivity contribution >= 4 is 5.82 Å². The Balaban J connectivity index is 2.09. The van der Waals surface area contributed by atoms with E-state index in [0.29, 0.717) is 18.2 Å². The van der Waals surface area contributed by atoms with Crippen LogP contribution in [-0.2, 0) is 17.8 Å². The van der Waals surface area contributed by atoms with Crippen LogP contribution in [0.1, 0.15) is 17.8 Å². The highest BCUT2D eigenvalue weighted by Crippen LogP contribution is 2.35. The number of aromatic nitrogens is 2. The van der Waals surface area contributed by atoms with Gasteiger partial charge in [-0.15, -0.1) is 0 Å². The molecule has 1 aromatic carbocycles. The molecule has 1 aliphatic rings. The molecule has 3 rings (SSSR count). The number of hydrogen-bond donors (Lipinski definition) is 1. The zero-order valence-electron chi connectivity index (χ0n) is 11.4. The molecule has 0 atom stereocenters. The second kappa shape index (κ2) is 5.46. The van der Waals surface area contributed by atoms with E-state index in [-0.39, 0.29) is 0 Å². The van der Waals surface area contributed by atoms with Gasteiger partial charge in [-0.05, 0) is 24.5 Å². The zero-order valence-corrected chi connectivity index (χ0v) is 11.4. The van der Waals surface area contributed by atoms with Crippen molar-refractivity contribution in [3.05, 3.63) is 35.7 Å². The topological polar surface area (TPSA) is 70.3 Å². The van der Waals surface area contributed by atoms with Gasteiger partial charge in [0.2, 0.25) is 0 Å². The summed E-state index contributed by atoms with van der Waals surface area (Å²) in [6, 6.07) is 7.89. The Bertz CT molecular complexity index is 629. The number of nitrogen functional groups attached to an aromatic ring is 1. The molecular weight excluding hydrogens is 254 g/mol. The van der Waals surface area contributed by atoms with Gasteiger partial charge in [0.25, 0.3) is 0 Å². The second-order valence-electron chi connectivity index (χ2n) is 4.77. The van der Waals surface area contributed by atoms with Crippen molar-refractivity contribution in [2.45, 2.75) is 19.4 Å². The van der Waals surface area contributed by atoms with E-state index < -0.39 is 0 Å². The predicted molar refractivity (Wildman–Crippen MR) is 76.4 cm³/mol. The summed E-state index contributed by atoms with van der Waals surface area (Å²) < 4.78 is 10.9. The van der Waals surface area contributed by atoms with Crippen LogP contribution in [0.5, 0.6) is 5.75 Å². The molecule has 1 aliphatic heterocycles. The van der Waals surface area contributed by atoms with Crippen molar-refractivity contribution in [2.24, 2.45) is 0 Å². The molecule has 5 heteroatoms. The summed E-state index contributed by atoms with van der Waals surface area (Å²) in [5, 5.41) is 0. The van der Waals surface area contributed by atoms with E-state index in [9.17, 15) is 0 Å². The first-order valence-corrected chi connectivity index (χ1v) is 6.65. The van der Waals surface area contributed by atoms with Crippen LogP contribution in [0.15, 0.2) is 24.3 Å². The van der Waals surface area contributed by atoms with Crippen LogP contribution in [0, 0.1) is 0 Å². The van der Waals surface area contributed by atoms with Gasteiger partial charge in [-0.3, -0.25) is 0 Å². The van der Waals surface area contributed by atoms with Crippen molar-refractivity contribution in [3.8, 4) is 17.0 Å². The van der Waals surface area contributed by atoms with Crippen molar-refractivity contribution in [2.75, 3.05) is 19.5 Å². The quantitative estimate of drug-likeness (QED) is 0.926. The number of para-hydroxylation sites is 1. The van der Waals surface area contributed by atoms with E-state index in [1.807, 2.05) is 12.1 Å². The first-order chi connectivity index (χ1) is 9.78. The highest BCUT2D eigenvalue weighted by molar-refractivity contribution is 5.71. The molecular formula is C15H17N3O2. The van der Waals surface area contributed by atoms with Crippen LogP contribution in [0.4, 0.5) is 5.82 Å². The Labute approximate surface area is 117 Å². The number of anilines is 1. The maximum Gasteiger partial charge on any atom is 0.157 e. The molecule has 20 heavy (non-hydrogen) atoms. The lowest BCUT2D eigenvalue weighted by molar-refractivity contribution is 0.178. The van der Waals surface area contributed by atoms with Crippen molar-refractivity contribution in [1.29, 1.82) is 0 Å². The predicted octanol–water partition coefficient (Wildman–Crippen LogP) is 2.20. The van der Waals surface area contributed by atoms with Gasteiger partial charge < -0.3 is 15.2 Å². The Morgan fingerprint density at radius 1 is 1.35 bits per heavy atom. The minimum absolute atomic E-state index is 0.341. The molecule has 1 aromatic heterocycles. The number of methoxy groups -OCH3 is 1. The summed E-state index contributed by atoms with van der Waals surface area (Å²) in [6.45, 7) is 1.09. The molecule has 0 radical (unpaired) electrons. The SMILES string of the molecule is COCc1nc(N)cc(-c2cccc3c2OCCC3)n1. The van der Waals surface area contributed by atoms with Crippen LogP contribution in [0.3, 0.4) is 0 Å². The molecule has 0 unspecified atom stereocenters. The first kappa shape index (κ1) is 12.9. The maximum absolute atomic E-state index is 5.86. The highest BCUT2D eigenvalue weighted by atomic mass is 16.5. The normalized spacial score (nSPS) is 13.7. The van der Waals surface area contributed by atoms with E-state index in [2.05, 4.69) is 16.0 Å². The fourth-order valence-corrected chi connectivity index (χ4v) is 2.44. The fraction of sp³-hybridized carbons (Fsp3) is 0.333. The number of aryl methyl sites for hydroxylation is 1. The molecule has 2 heterocycles. The summed E-state index contributed by atoms with van der Waals surface area (Å²) in [5.41, 5.74) is 8.82. The number of fused-ring (bicyclic) bond motifs is 1. The molecule has 0 amide bonds. The van der Waals surface area contributed by atoms with Gasteiger partial charge in [0, 0.05) is 18.7 Å². The van der Waals surface area contributed by atoms with E-state index in [1.54, 1.807) is 13.2 Å². The molecule has 0 spiro atoms. The molecule has 5 nitrogen and oxygen atoms in total. The third-order valence-corrected chi connectivity index (χ3v) is 3.28. The lowest BCUT2D eigenvalue weighted by atomic mass is 10.0. The van der Waals surface area contributed by atoms with Gasteiger partial charge in [0.05, 0.1) is 12.3 Å². The number of rotatable bonds is 3. The smallest absolute Gasteiger partial charge is 0.157 e. The average Bonchev–Trinajstić information content (AvgIpc) is 2.46. The number of nitrogens with zero attached hydrogens (tertiary/aromatic N) is 2. The van der Waals surface area contributed by atoms with E-state index in [4.69, 9.17) is 15.2 Å². The number of hydrogen-bond acceptors (Lipinski definition) is 5. The van der Waals surface area contributed by atoms with Gasteiger partial charge in [-0.25, -0.2) is 9.97 Å². The number of nitrogens with two attached hydrogens (primary N) is 1. The summed E-state index contributed by atoms with van der Waals surface area (Å²) in [5.74, 6) is 1.94. The van der Waals surface area contributed by atoms with Crippen LogP contribution >= 0.6 is 0 Å². The Kier molecular flexibility index (Phi) is 3.52. The third-order valence-electron chi connectivity index (χ3n) is 3.28. The largest absolute Gasteiger partial charge is 0.493 e. The Morgan fingerprint density at radius 3 is 3.10 bits per heavy atom. The fourth-order valence-electron chi connectivity index (χ4n) is 2.44. The van der Waals surface area contributed by atoms with E-state index in [1.165, 1.54) is 5.56 Å². The summed E-state index contributed by atoms with van der Waals surface area (Å²) in [4.78, 5) is 8.67. The second-order valence-corrected chi connectivity index (χ2v) is 4.77. The van der Waals surface area contributed by atoms with Crippen molar-refractivity contribution in [3.63, 3.8) is 0 Å². The van der Waals surface area contributed by atoms with Gasteiger partial charge >= 0.3 is 0 Å². The lowest BCUT2D eigenvalue weighted by Gasteiger charge is -2.20. The molecule has 0 saturated carbocycles. The van der Waals surface area contributed by atoms with Gasteiger partial charge in [0.1, 0.15) is 18.2 Å². The Morgan fingerprint density at radius 2 is 2.25 bits per heavy atom. The standard InChI is InChI=1S/C15H17N3O2/c1-19-9-14-17-12(8-13(16)18-14)11-6-2-4-10-5-3-7-20-15(10)11/h2,4,6,8H,3,5,7,9H2,1H3,(H2,16,17,18). The van der Waals surface area contributed by atoms with Crippen molar-refractivity contribution < 1.29 is 9.47 Å². The molecule has 2 N–H and O–H groups in total. The van der Waals surface area contributed by atoms with E-state index in [0.717, 1.165) is 36.5 Å². The van der Waals surface area contributed by atoms with Crippen LogP contribution in [0.25, 0.3) is 11.3 Å². The first-order valence-electron chi connectivity index (χ1n) is 6.65. The molecule has 104 valence electrons. The maximum atomic E-state index is 5.86. The summed E-state index contributed by atoms with van der Waals surface area (Å²) in [7, 11) is 1.61. The van der Waals surface area contributed by atoms with Crippen molar-refractivity contribution in [1.82, 2.24) is 9.97 Å². The summed E-state index contributed by atoms with van der Waals surface area (Å²) in [6.07, 6.45) is 2.09. The van der Waals surface area contributed by atoms with Gasteiger partial charge in [-0.2, -0.15) is 0 Å². The summed E-state index contributed by atoms with van der Waals surface area (Å²) >= 11 is 0. The molecule has 0 saturated heterocycles. The lowest BCUT2D eigenvalue weighted by Crippen LogP contribution is -2.10. The third kappa shape index (κ3) is 2.44. The zero-order chi connectivity index (χ0) is 13.9. The van der Waals surface area contributed by atoms with Gasteiger partial charge in [-0.1, -0.05) is 12.1 Å². The average molecular weight is 271 g/mol. The van der Waals surface area contributed by atoms with Crippen LogP contribution < -0.4 is 10.5 Å². The molecule has 2 aromatic rings. The molecule has 0 bridgehead atoms. The Hall–Kier alpha value is -2.14. The monoisotopic (exact) mass is 271 g/mol. The number of ether oxygens (including phenoxy) is 2. The van der Waals surface area contributed by atoms with E-state index >= 15 is 0 Å². The van der Waals surface area contributed by atoms with Crippen LogP contribution in [0.2, 0.25) is 0 Å². The molecule has 0 fully saturated rings. The highest BCUT2D eigenvalue weighted by Gasteiger charge is 2.17. The van der Waals surface area contributed by atoms with Gasteiger partial charge in [0.15, 0.2) is 5.82 Å². The van der Waals surface area contributed by atoms with Crippen LogP contribution in [-0.4, -0.2) is 23.7 Å². The molecule has 0 aliphatic carbocycles. The minimum atomic E-state index is 0.341. The minimum Gasteiger partial charge on any atom is -0.493 e.